The van der Waals surface area contributed by atoms with Crippen LogP contribution in [0.3, 0.4) is 0 Å². The molecule has 0 radical (unpaired) electrons. The number of aryl methyl sites for hydroxylation is 1. The Bertz CT molecular complexity index is 748. The standard InChI is InChI=1S/C14H14ClN3O3S/c1-2-11-13(21)16-14(18(17-11)7-12(19)20)22-8-9-5-3-4-6-10(9)15/h3-6H,2,7-8H2,1H3,(H,19,20). The second-order valence-corrected chi connectivity index (χ2v) is 5.78. The van der Waals surface area contributed by atoms with Crippen molar-refractivity contribution in [3.05, 3.63) is 50.9 Å². The number of benzene rings is 1. The van der Waals surface area contributed by atoms with Crippen LogP contribution in [0.5, 0.6) is 0 Å². The van der Waals surface area contributed by atoms with Gasteiger partial charge in [0.2, 0.25) is 0 Å². The zero-order valence-electron chi connectivity index (χ0n) is 11.8. The summed E-state index contributed by atoms with van der Waals surface area (Å²) in [5.41, 5.74) is 0.707. The fourth-order valence-corrected chi connectivity index (χ4v) is 2.98. The number of halogens is 1. The largest absolute Gasteiger partial charge is 0.480 e. The molecule has 2 aromatic rings. The van der Waals surface area contributed by atoms with E-state index in [1.165, 1.54) is 16.4 Å². The maximum absolute atomic E-state index is 11.8. The van der Waals surface area contributed by atoms with Crippen LogP contribution >= 0.6 is 23.4 Å². The first-order valence-corrected chi connectivity index (χ1v) is 7.93. The summed E-state index contributed by atoms with van der Waals surface area (Å²) in [7, 11) is 0. The molecule has 0 amide bonds. The highest BCUT2D eigenvalue weighted by molar-refractivity contribution is 7.98. The number of carbonyl (C=O) groups is 1. The van der Waals surface area contributed by atoms with E-state index in [0.29, 0.717) is 17.2 Å². The summed E-state index contributed by atoms with van der Waals surface area (Å²) in [6.45, 7) is 1.43. The first kappa shape index (κ1) is 16.5. The Kier molecular flexibility index (Phi) is 5.57. The third-order valence-corrected chi connectivity index (χ3v) is 4.23. The summed E-state index contributed by atoms with van der Waals surface area (Å²) in [5.74, 6) is -0.571. The van der Waals surface area contributed by atoms with Crippen LogP contribution in [0, 0.1) is 0 Å². The van der Waals surface area contributed by atoms with Crippen molar-refractivity contribution < 1.29 is 9.90 Å². The maximum Gasteiger partial charge on any atom is 0.325 e. The molecular formula is C14H14ClN3O3S. The Morgan fingerprint density at radius 1 is 1.41 bits per heavy atom. The highest BCUT2D eigenvalue weighted by atomic mass is 35.5. The van der Waals surface area contributed by atoms with Gasteiger partial charge in [-0.05, 0) is 18.1 Å². The van der Waals surface area contributed by atoms with Gasteiger partial charge in [-0.2, -0.15) is 10.1 Å². The second kappa shape index (κ2) is 7.42. The molecule has 8 heteroatoms. The number of carboxylic acid groups (broad SMARTS) is 1. The summed E-state index contributed by atoms with van der Waals surface area (Å²) in [4.78, 5) is 26.7. The third kappa shape index (κ3) is 4.08. The van der Waals surface area contributed by atoms with Crippen molar-refractivity contribution in [3.8, 4) is 0 Å². The molecule has 116 valence electrons. The first-order chi connectivity index (χ1) is 10.5. The summed E-state index contributed by atoms with van der Waals surface area (Å²) < 4.78 is 1.24. The highest BCUT2D eigenvalue weighted by Crippen LogP contribution is 2.24. The number of aromatic nitrogens is 3. The van der Waals surface area contributed by atoms with Gasteiger partial charge < -0.3 is 5.11 Å². The molecule has 0 saturated heterocycles. The average molecular weight is 340 g/mol. The van der Waals surface area contributed by atoms with Gasteiger partial charge in [-0.15, -0.1) is 0 Å². The van der Waals surface area contributed by atoms with Gasteiger partial charge >= 0.3 is 5.97 Å². The molecule has 0 atom stereocenters. The van der Waals surface area contributed by atoms with Gasteiger partial charge in [-0.1, -0.05) is 48.5 Å². The molecule has 0 unspecified atom stereocenters. The minimum atomic E-state index is -1.04. The van der Waals surface area contributed by atoms with Crippen molar-refractivity contribution in [2.45, 2.75) is 30.8 Å². The molecule has 0 spiro atoms. The molecule has 0 aliphatic heterocycles. The van der Waals surface area contributed by atoms with E-state index in [4.69, 9.17) is 16.7 Å². The van der Waals surface area contributed by atoms with E-state index >= 15 is 0 Å². The van der Waals surface area contributed by atoms with E-state index < -0.39 is 11.5 Å². The molecular weight excluding hydrogens is 326 g/mol. The Balaban J connectivity index is 2.29. The minimum absolute atomic E-state index is 0.253. The predicted molar refractivity (Wildman–Crippen MR) is 84.3 cm³/mol. The molecule has 6 nitrogen and oxygen atoms in total. The first-order valence-electron chi connectivity index (χ1n) is 6.57. The molecule has 1 heterocycles. The average Bonchev–Trinajstić information content (AvgIpc) is 2.48. The third-order valence-electron chi connectivity index (χ3n) is 2.84. The molecule has 1 N–H and O–H groups in total. The lowest BCUT2D eigenvalue weighted by atomic mass is 10.2. The van der Waals surface area contributed by atoms with E-state index in [2.05, 4.69) is 10.1 Å². The number of thioether (sulfide) groups is 1. The number of hydrogen-bond donors (Lipinski definition) is 1. The van der Waals surface area contributed by atoms with Crippen LogP contribution < -0.4 is 5.56 Å². The van der Waals surface area contributed by atoms with Crippen molar-refractivity contribution in [1.29, 1.82) is 0 Å². The number of rotatable bonds is 6. The molecule has 22 heavy (non-hydrogen) atoms. The lowest BCUT2D eigenvalue weighted by Crippen LogP contribution is -2.25. The van der Waals surface area contributed by atoms with Gasteiger partial charge in [0.15, 0.2) is 5.16 Å². The summed E-state index contributed by atoms with van der Waals surface area (Å²) in [6.07, 6.45) is 0.404. The Hall–Kier alpha value is -1.86. The van der Waals surface area contributed by atoms with Crippen molar-refractivity contribution in [3.63, 3.8) is 0 Å². The molecule has 0 fully saturated rings. The molecule has 1 aromatic carbocycles. The minimum Gasteiger partial charge on any atom is -0.480 e. The number of nitrogens with zero attached hydrogens (tertiary/aromatic N) is 3. The van der Waals surface area contributed by atoms with Crippen molar-refractivity contribution in [1.82, 2.24) is 14.8 Å². The van der Waals surface area contributed by atoms with Gasteiger partial charge in [-0.25, -0.2) is 4.68 Å². The SMILES string of the molecule is CCc1nn(CC(=O)O)c(SCc2ccccc2Cl)nc1=O. The monoisotopic (exact) mass is 339 g/mol. The topological polar surface area (TPSA) is 85.1 Å². The fraction of sp³-hybridized carbons (Fsp3) is 0.286. The molecule has 2 rings (SSSR count). The van der Waals surface area contributed by atoms with Crippen LogP contribution in [-0.4, -0.2) is 25.8 Å². The number of carboxylic acids is 1. The van der Waals surface area contributed by atoms with E-state index in [-0.39, 0.29) is 17.4 Å². The van der Waals surface area contributed by atoms with Gasteiger partial charge in [0.05, 0.1) is 0 Å². The quantitative estimate of drug-likeness (QED) is 0.812. The van der Waals surface area contributed by atoms with Crippen LogP contribution in [0.2, 0.25) is 5.02 Å². The van der Waals surface area contributed by atoms with E-state index in [0.717, 1.165) is 5.56 Å². The lowest BCUT2D eigenvalue weighted by Gasteiger charge is -2.10. The van der Waals surface area contributed by atoms with Crippen LogP contribution in [0.4, 0.5) is 0 Å². The van der Waals surface area contributed by atoms with Crippen molar-refractivity contribution >= 4 is 29.3 Å². The van der Waals surface area contributed by atoms with Gasteiger partial charge in [0.25, 0.3) is 5.56 Å². The van der Waals surface area contributed by atoms with Crippen LogP contribution in [0.15, 0.2) is 34.2 Å². The number of aliphatic carboxylic acids is 1. The van der Waals surface area contributed by atoms with Crippen LogP contribution in [0.25, 0.3) is 0 Å². The highest BCUT2D eigenvalue weighted by Gasteiger charge is 2.13. The molecule has 0 aliphatic rings. The molecule has 1 aromatic heterocycles. The Labute approximate surface area is 136 Å². The van der Waals surface area contributed by atoms with Gasteiger partial charge in [-0.3, -0.25) is 9.59 Å². The summed E-state index contributed by atoms with van der Waals surface area (Å²) in [5, 5.41) is 13.9. The van der Waals surface area contributed by atoms with E-state index in [1.54, 1.807) is 13.0 Å². The maximum atomic E-state index is 11.8. The predicted octanol–water partition coefficient (Wildman–Crippen LogP) is 2.23. The van der Waals surface area contributed by atoms with Crippen molar-refractivity contribution in [2.24, 2.45) is 0 Å². The smallest absolute Gasteiger partial charge is 0.325 e. The Morgan fingerprint density at radius 2 is 2.14 bits per heavy atom. The summed E-state index contributed by atoms with van der Waals surface area (Å²) in [6, 6.07) is 7.32. The molecule has 0 bridgehead atoms. The van der Waals surface area contributed by atoms with E-state index in [9.17, 15) is 9.59 Å². The van der Waals surface area contributed by atoms with Crippen LogP contribution in [-0.2, 0) is 23.5 Å². The van der Waals surface area contributed by atoms with E-state index in [1.807, 2.05) is 18.2 Å². The van der Waals surface area contributed by atoms with Gasteiger partial charge in [0, 0.05) is 10.8 Å². The van der Waals surface area contributed by atoms with Crippen LogP contribution in [0.1, 0.15) is 18.2 Å². The van der Waals surface area contributed by atoms with Crippen molar-refractivity contribution in [2.75, 3.05) is 0 Å². The summed E-state index contributed by atoms with van der Waals surface area (Å²) >= 11 is 7.31. The zero-order valence-corrected chi connectivity index (χ0v) is 13.4. The normalized spacial score (nSPS) is 10.6. The van der Waals surface area contributed by atoms with Gasteiger partial charge in [0.1, 0.15) is 12.2 Å². The molecule has 0 saturated carbocycles. The molecule has 0 aliphatic carbocycles. The zero-order chi connectivity index (χ0) is 16.1. The lowest BCUT2D eigenvalue weighted by molar-refractivity contribution is -0.138. The number of hydrogen-bond acceptors (Lipinski definition) is 5. The second-order valence-electron chi connectivity index (χ2n) is 4.43. The fourth-order valence-electron chi connectivity index (χ4n) is 1.76. The Morgan fingerprint density at radius 3 is 2.77 bits per heavy atom.